The average molecular weight is 330 g/mol. The van der Waals surface area contributed by atoms with Gasteiger partial charge in [-0.15, -0.1) is 0 Å². The number of benzene rings is 1. The van der Waals surface area contributed by atoms with Gasteiger partial charge in [-0.25, -0.2) is 4.39 Å². The van der Waals surface area contributed by atoms with Crippen molar-refractivity contribution in [2.75, 3.05) is 13.6 Å². The molecule has 24 heavy (non-hydrogen) atoms. The molecular formula is C18H23FN4O. The van der Waals surface area contributed by atoms with Gasteiger partial charge < -0.3 is 16.4 Å². The summed E-state index contributed by atoms with van der Waals surface area (Å²) in [5.41, 5.74) is 6.88. The molecule has 2 aliphatic rings. The van der Waals surface area contributed by atoms with Crippen molar-refractivity contribution < 1.29 is 9.18 Å². The lowest BCUT2D eigenvalue weighted by Gasteiger charge is -2.09. The van der Waals surface area contributed by atoms with E-state index >= 15 is 0 Å². The summed E-state index contributed by atoms with van der Waals surface area (Å²) in [6.07, 6.45) is 6.25. The number of carbonyl (C=O) groups is 1. The lowest BCUT2D eigenvalue weighted by Crippen LogP contribution is -2.24. The van der Waals surface area contributed by atoms with Crippen LogP contribution in [0.5, 0.6) is 0 Å². The molecule has 6 heteroatoms. The first-order valence-corrected chi connectivity index (χ1v) is 8.30. The predicted molar refractivity (Wildman–Crippen MR) is 92.4 cm³/mol. The van der Waals surface area contributed by atoms with Crippen molar-refractivity contribution in [2.45, 2.75) is 31.2 Å². The summed E-state index contributed by atoms with van der Waals surface area (Å²) in [6.45, 7) is 1.02. The first-order chi connectivity index (χ1) is 11.6. The number of allylic oxidation sites excluding steroid dienone is 1. The summed E-state index contributed by atoms with van der Waals surface area (Å²) in [6, 6.07) is 4.82. The molecule has 0 heterocycles. The van der Waals surface area contributed by atoms with Crippen LogP contribution in [-0.4, -0.2) is 31.8 Å². The van der Waals surface area contributed by atoms with E-state index in [4.69, 9.17) is 5.73 Å². The predicted octanol–water partition coefficient (Wildman–Crippen LogP) is 1.91. The molecule has 2 saturated carbocycles. The molecular weight excluding hydrogens is 307 g/mol. The number of hydrogen-bond donors (Lipinski definition) is 3. The number of amides is 1. The van der Waals surface area contributed by atoms with Crippen LogP contribution in [0.1, 0.15) is 41.1 Å². The highest BCUT2D eigenvalue weighted by Crippen LogP contribution is 2.43. The molecule has 128 valence electrons. The highest BCUT2D eigenvalue weighted by atomic mass is 19.1. The van der Waals surface area contributed by atoms with Gasteiger partial charge in [0.1, 0.15) is 5.82 Å². The lowest BCUT2D eigenvalue weighted by molar-refractivity contribution is 0.0968. The molecule has 2 fully saturated rings. The van der Waals surface area contributed by atoms with Crippen molar-refractivity contribution in [3.63, 3.8) is 0 Å². The molecule has 2 unspecified atom stereocenters. The molecule has 0 aromatic heterocycles. The number of rotatable bonds is 7. The zero-order valence-corrected chi connectivity index (χ0v) is 13.8. The van der Waals surface area contributed by atoms with Gasteiger partial charge >= 0.3 is 0 Å². The number of hydrogen-bond acceptors (Lipinski definition) is 4. The molecule has 5 nitrogen and oxygen atoms in total. The van der Waals surface area contributed by atoms with Crippen LogP contribution in [0.3, 0.4) is 0 Å². The van der Waals surface area contributed by atoms with Gasteiger partial charge in [0.25, 0.3) is 5.91 Å². The fraction of sp³-hybridized carbons (Fsp3) is 0.444. The Morgan fingerprint density at radius 1 is 1.46 bits per heavy atom. The Kier molecular flexibility index (Phi) is 4.94. The van der Waals surface area contributed by atoms with Gasteiger partial charge in [0.2, 0.25) is 0 Å². The fourth-order valence-corrected chi connectivity index (χ4v) is 2.83. The smallest absolute Gasteiger partial charge is 0.255 e. The molecule has 1 aromatic carbocycles. The van der Waals surface area contributed by atoms with E-state index in [1.165, 1.54) is 37.4 Å². The summed E-state index contributed by atoms with van der Waals surface area (Å²) < 4.78 is 14.1. The zero-order chi connectivity index (χ0) is 17.1. The molecule has 0 bridgehead atoms. The van der Waals surface area contributed by atoms with Crippen LogP contribution in [0.2, 0.25) is 0 Å². The van der Waals surface area contributed by atoms with Crippen LogP contribution >= 0.6 is 0 Å². The summed E-state index contributed by atoms with van der Waals surface area (Å²) in [4.78, 5) is 16.1. The van der Waals surface area contributed by atoms with Crippen LogP contribution in [-0.2, 0) is 0 Å². The summed E-state index contributed by atoms with van der Waals surface area (Å²) in [7, 11) is 1.59. The van der Waals surface area contributed by atoms with E-state index in [1.807, 2.05) is 0 Å². The Balaban J connectivity index is 1.66. The number of aliphatic imine (C=N–C) groups is 1. The van der Waals surface area contributed by atoms with Gasteiger partial charge in [-0.05, 0) is 55.5 Å². The van der Waals surface area contributed by atoms with Crippen molar-refractivity contribution in [3.05, 3.63) is 47.0 Å². The zero-order valence-electron chi connectivity index (χ0n) is 13.8. The Bertz CT molecular complexity index is 682. The maximum Gasteiger partial charge on any atom is 0.255 e. The second kappa shape index (κ2) is 7.13. The van der Waals surface area contributed by atoms with Crippen LogP contribution in [0.25, 0.3) is 0 Å². The highest BCUT2D eigenvalue weighted by molar-refractivity contribution is 5.98. The van der Waals surface area contributed by atoms with Crippen LogP contribution in [0.15, 0.2) is 35.1 Å². The van der Waals surface area contributed by atoms with E-state index in [9.17, 15) is 9.18 Å². The van der Waals surface area contributed by atoms with E-state index in [1.54, 1.807) is 13.1 Å². The molecule has 0 aliphatic heterocycles. The normalized spacial score (nSPS) is 23.5. The molecule has 3 rings (SSSR count). The van der Waals surface area contributed by atoms with E-state index in [0.29, 0.717) is 22.9 Å². The maximum absolute atomic E-state index is 14.1. The Morgan fingerprint density at radius 2 is 2.25 bits per heavy atom. The number of carbonyl (C=O) groups excluding carboxylic acids is 1. The summed E-state index contributed by atoms with van der Waals surface area (Å²) in [5, 5.41) is 6.15. The third-order valence-corrected chi connectivity index (χ3v) is 4.52. The SMILES string of the molecule is CN=CC(=CN)NC(=O)c1ccc(F)c(C2CC2NCC2CC2)c1. The fourth-order valence-electron chi connectivity index (χ4n) is 2.83. The third-order valence-electron chi connectivity index (χ3n) is 4.52. The highest BCUT2D eigenvalue weighted by Gasteiger charge is 2.40. The Morgan fingerprint density at radius 3 is 2.92 bits per heavy atom. The van der Waals surface area contributed by atoms with E-state index in [2.05, 4.69) is 15.6 Å². The number of nitrogens with two attached hydrogens (primary N) is 1. The number of halogens is 1. The maximum atomic E-state index is 14.1. The largest absolute Gasteiger partial charge is 0.403 e. The first kappa shape index (κ1) is 16.6. The van der Waals surface area contributed by atoms with Crippen molar-refractivity contribution in [2.24, 2.45) is 16.6 Å². The van der Waals surface area contributed by atoms with Crippen LogP contribution < -0.4 is 16.4 Å². The topological polar surface area (TPSA) is 79.5 Å². The van der Waals surface area contributed by atoms with Gasteiger partial charge in [0, 0.05) is 37.0 Å². The quantitative estimate of drug-likeness (QED) is 0.668. The van der Waals surface area contributed by atoms with Crippen LogP contribution in [0, 0.1) is 11.7 Å². The second-order valence-corrected chi connectivity index (χ2v) is 6.50. The number of nitrogens with zero attached hydrogens (tertiary/aromatic N) is 1. The monoisotopic (exact) mass is 330 g/mol. The Hall–Kier alpha value is -2.21. The van der Waals surface area contributed by atoms with Crippen molar-refractivity contribution in [1.29, 1.82) is 0 Å². The minimum atomic E-state index is -0.323. The molecule has 1 aromatic rings. The van der Waals surface area contributed by atoms with E-state index < -0.39 is 0 Å². The molecule has 2 atom stereocenters. The van der Waals surface area contributed by atoms with Crippen LogP contribution in [0.4, 0.5) is 4.39 Å². The summed E-state index contributed by atoms with van der Waals surface area (Å²) >= 11 is 0. The molecule has 0 saturated heterocycles. The van der Waals surface area contributed by atoms with E-state index in [0.717, 1.165) is 18.9 Å². The minimum absolute atomic E-state index is 0.151. The van der Waals surface area contributed by atoms with Gasteiger partial charge in [-0.2, -0.15) is 0 Å². The second-order valence-electron chi connectivity index (χ2n) is 6.50. The average Bonchev–Trinajstić information content (AvgIpc) is 3.47. The van der Waals surface area contributed by atoms with Crippen molar-refractivity contribution in [1.82, 2.24) is 10.6 Å². The standard InChI is InChI=1S/C18H23FN4O/c1-21-10-13(8-20)23-18(24)12-4-5-16(19)14(6-12)15-7-17(15)22-9-11-2-3-11/h4-6,8,10-11,15,17,22H,2-3,7,9,20H2,1H3,(H,23,24). The molecule has 0 radical (unpaired) electrons. The first-order valence-electron chi connectivity index (χ1n) is 8.30. The lowest BCUT2D eigenvalue weighted by atomic mass is 10.1. The van der Waals surface area contributed by atoms with Crippen molar-refractivity contribution in [3.8, 4) is 0 Å². The van der Waals surface area contributed by atoms with Gasteiger partial charge in [-0.3, -0.25) is 9.79 Å². The van der Waals surface area contributed by atoms with Gasteiger partial charge in [0.05, 0.1) is 5.70 Å². The van der Waals surface area contributed by atoms with Gasteiger partial charge in [-0.1, -0.05) is 0 Å². The Labute approximate surface area is 141 Å². The molecule has 4 N–H and O–H groups in total. The number of nitrogens with one attached hydrogen (secondary N) is 2. The van der Waals surface area contributed by atoms with Crippen molar-refractivity contribution >= 4 is 12.1 Å². The van der Waals surface area contributed by atoms with E-state index in [-0.39, 0.29) is 17.6 Å². The minimum Gasteiger partial charge on any atom is -0.403 e. The summed E-state index contributed by atoms with van der Waals surface area (Å²) in [5.74, 6) is 0.376. The third kappa shape index (κ3) is 4.00. The van der Waals surface area contributed by atoms with Gasteiger partial charge in [0.15, 0.2) is 0 Å². The molecule has 1 amide bonds. The molecule has 2 aliphatic carbocycles. The molecule has 0 spiro atoms.